The Bertz CT molecular complexity index is 544. The summed E-state index contributed by atoms with van der Waals surface area (Å²) in [6.45, 7) is 5.67. The third-order valence-corrected chi connectivity index (χ3v) is 2.93. The van der Waals surface area contributed by atoms with Gasteiger partial charge in [-0.2, -0.15) is 5.10 Å². The number of nitrogens with zero attached hydrogens (tertiary/aromatic N) is 1. The van der Waals surface area contributed by atoms with Crippen molar-refractivity contribution in [3.05, 3.63) is 46.8 Å². The van der Waals surface area contributed by atoms with E-state index in [2.05, 4.69) is 15.5 Å². The Morgan fingerprint density at radius 1 is 1.22 bits per heavy atom. The molecule has 0 saturated heterocycles. The van der Waals surface area contributed by atoms with Crippen LogP contribution in [-0.2, 0) is 0 Å². The summed E-state index contributed by atoms with van der Waals surface area (Å²) in [4.78, 5) is 0. The van der Waals surface area contributed by atoms with Gasteiger partial charge in [0.25, 0.3) is 0 Å². The largest absolute Gasteiger partial charge is 0.376 e. The van der Waals surface area contributed by atoms with Gasteiger partial charge < -0.3 is 5.32 Å². The maximum absolute atomic E-state index is 13.2. The molecular formula is C13H15F2N3. The van der Waals surface area contributed by atoms with Gasteiger partial charge in [-0.1, -0.05) is 6.07 Å². The van der Waals surface area contributed by atoms with E-state index in [0.717, 1.165) is 23.1 Å². The predicted molar refractivity (Wildman–Crippen MR) is 66.5 cm³/mol. The van der Waals surface area contributed by atoms with Crippen molar-refractivity contribution in [2.24, 2.45) is 0 Å². The van der Waals surface area contributed by atoms with Crippen molar-refractivity contribution in [3.63, 3.8) is 0 Å². The molecule has 1 aromatic heterocycles. The highest BCUT2D eigenvalue weighted by molar-refractivity contribution is 5.52. The van der Waals surface area contributed by atoms with Gasteiger partial charge in [-0.05, 0) is 38.5 Å². The maximum atomic E-state index is 13.2. The summed E-state index contributed by atoms with van der Waals surface area (Å²) in [7, 11) is 0. The topological polar surface area (TPSA) is 40.7 Å². The molecule has 0 radical (unpaired) electrons. The van der Waals surface area contributed by atoms with E-state index in [9.17, 15) is 8.78 Å². The smallest absolute Gasteiger partial charge is 0.159 e. The van der Waals surface area contributed by atoms with E-state index in [1.54, 1.807) is 6.07 Å². The number of H-pyrrole nitrogens is 1. The first-order valence-electron chi connectivity index (χ1n) is 5.72. The van der Waals surface area contributed by atoms with Crippen molar-refractivity contribution in [2.45, 2.75) is 26.8 Å². The molecule has 2 aromatic rings. The molecule has 1 heterocycles. The predicted octanol–water partition coefficient (Wildman–Crippen LogP) is 3.48. The molecule has 0 spiro atoms. The highest BCUT2D eigenvalue weighted by atomic mass is 19.2. The van der Waals surface area contributed by atoms with Crippen LogP contribution in [0.1, 0.15) is 29.9 Å². The molecule has 0 bridgehead atoms. The number of anilines is 1. The van der Waals surface area contributed by atoms with Gasteiger partial charge >= 0.3 is 0 Å². The fraction of sp³-hybridized carbons (Fsp3) is 0.308. The van der Waals surface area contributed by atoms with Crippen LogP contribution in [0.4, 0.5) is 14.5 Å². The minimum atomic E-state index is -0.832. The summed E-state index contributed by atoms with van der Waals surface area (Å²) < 4.78 is 26.0. The third-order valence-electron chi connectivity index (χ3n) is 2.93. The van der Waals surface area contributed by atoms with Gasteiger partial charge in [0, 0.05) is 6.04 Å². The number of aryl methyl sites for hydroxylation is 2. The summed E-state index contributed by atoms with van der Waals surface area (Å²) in [5.41, 5.74) is 3.35. The molecule has 0 fully saturated rings. The lowest BCUT2D eigenvalue weighted by atomic mass is 10.1. The Kier molecular flexibility index (Phi) is 3.32. The molecule has 1 aromatic carbocycles. The van der Waals surface area contributed by atoms with Crippen molar-refractivity contribution < 1.29 is 8.78 Å². The van der Waals surface area contributed by atoms with Crippen molar-refractivity contribution in [2.75, 3.05) is 5.32 Å². The Morgan fingerprint density at radius 3 is 2.50 bits per heavy atom. The first-order valence-corrected chi connectivity index (χ1v) is 5.72. The molecule has 0 aliphatic heterocycles. The van der Waals surface area contributed by atoms with Crippen LogP contribution in [0, 0.1) is 25.5 Å². The third kappa shape index (κ3) is 2.34. The monoisotopic (exact) mass is 251 g/mol. The average Bonchev–Trinajstić information content (AvgIpc) is 2.64. The second kappa shape index (κ2) is 4.76. The Hall–Kier alpha value is -1.91. The van der Waals surface area contributed by atoms with Crippen LogP contribution in [0.15, 0.2) is 18.2 Å². The van der Waals surface area contributed by atoms with Gasteiger partial charge in [0.05, 0.1) is 17.1 Å². The summed E-state index contributed by atoms with van der Waals surface area (Å²) in [6, 6.07) is 3.78. The number of halogens is 2. The van der Waals surface area contributed by atoms with E-state index in [4.69, 9.17) is 0 Å². The summed E-state index contributed by atoms with van der Waals surface area (Å²) in [5, 5.41) is 10.2. The second-order valence-corrected chi connectivity index (χ2v) is 4.35. The van der Waals surface area contributed by atoms with E-state index in [1.165, 1.54) is 6.07 Å². The minimum absolute atomic E-state index is 0.130. The number of rotatable bonds is 3. The Labute approximate surface area is 104 Å². The van der Waals surface area contributed by atoms with Crippen LogP contribution in [0.5, 0.6) is 0 Å². The highest BCUT2D eigenvalue weighted by Crippen LogP contribution is 2.24. The second-order valence-electron chi connectivity index (χ2n) is 4.35. The van der Waals surface area contributed by atoms with E-state index in [1.807, 2.05) is 20.8 Å². The summed E-state index contributed by atoms with van der Waals surface area (Å²) in [6.07, 6.45) is 0. The van der Waals surface area contributed by atoms with E-state index >= 15 is 0 Å². The first-order chi connectivity index (χ1) is 8.49. The van der Waals surface area contributed by atoms with E-state index < -0.39 is 11.6 Å². The van der Waals surface area contributed by atoms with Gasteiger partial charge in [0.1, 0.15) is 0 Å². The number of aromatic nitrogens is 2. The summed E-state index contributed by atoms with van der Waals surface area (Å²) >= 11 is 0. The lowest BCUT2D eigenvalue weighted by Crippen LogP contribution is -2.08. The molecule has 0 aliphatic rings. The highest BCUT2D eigenvalue weighted by Gasteiger charge is 2.12. The zero-order valence-electron chi connectivity index (χ0n) is 10.5. The number of aromatic amines is 1. The number of hydrogen-bond donors (Lipinski definition) is 2. The van der Waals surface area contributed by atoms with Crippen molar-refractivity contribution in [3.8, 4) is 0 Å². The van der Waals surface area contributed by atoms with Crippen LogP contribution >= 0.6 is 0 Å². The average molecular weight is 251 g/mol. The van der Waals surface area contributed by atoms with Crippen molar-refractivity contribution >= 4 is 5.69 Å². The van der Waals surface area contributed by atoms with Gasteiger partial charge in [-0.3, -0.25) is 5.10 Å². The van der Waals surface area contributed by atoms with Gasteiger partial charge in [-0.25, -0.2) is 8.78 Å². The molecule has 2 rings (SSSR count). The lowest BCUT2D eigenvalue weighted by Gasteiger charge is -2.16. The molecule has 1 unspecified atom stereocenters. The van der Waals surface area contributed by atoms with Crippen LogP contribution in [0.25, 0.3) is 0 Å². The van der Waals surface area contributed by atoms with Gasteiger partial charge in [0.15, 0.2) is 11.6 Å². The first kappa shape index (κ1) is 12.5. The Balaban J connectivity index is 2.22. The van der Waals surface area contributed by atoms with Crippen molar-refractivity contribution in [1.82, 2.24) is 10.2 Å². The number of benzene rings is 1. The van der Waals surface area contributed by atoms with Crippen LogP contribution in [-0.4, -0.2) is 10.2 Å². The molecule has 0 aliphatic carbocycles. The zero-order chi connectivity index (χ0) is 13.3. The van der Waals surface area contributed by atoms with Gasteiger partial charge in [0.2, 0.25) is 0 Å². The molecule has 0 amide bonds. The quantitative estimate of drug-likeness (QED) is 0.876. The van der Waals surface area contributed by atoms with E-state index in [-0.39, 0.29) is 6.04 Å². The molecule has 2 N–H and O–H groups in total. The fourth-order valence-corrected chi connectivity index (χ4v) is 1.85. The van der Waals surface area contributed by atoms with Crippen molar-refractivity contribution in [1.29, 1.82) is 0 Å². The van der Waals surface area contributed by atoms with E-state index in [0.29, 0.717) is 5.56 Å². The standard InChI is InChI=1S/C13H15F2N3/c1-7(10-4-5-11(14)12(15)6-10)16-13-8(2)17-18-9(13)3/h4-7,16H,1-3H3,(H,17,18). The molecule has 5 heteroatoms. The lowest BCUT2D eigenvalue weighted by molar-refractivity contribution is 0.506. The fourth-order valence-electron chi connectivity index (χ4n) is 1.85. The molecule has 0 saturated carbocycles. The number of nitrogens with one attached hydrogen (secondary N) is 2. The molecule has 18 heavy (non-hydrogen) atoms. The normalized spacial score (nSPS) is 12.5. The molecule has 96 valence electrons. The molecule has 1 atom stereocenters. The Morgan fingerprint density at radius 2 is 1.94 bits per heavy atom. The molecular weight excluding hydrogens is 236 g/mol. The number of hydrogen-bond acceptors (Lipinski definition) is 2. The van der Waals surface area contributed by atoms with Crippen LogP contribution in [0.3, 0.4) is 0 Å². The minimum Gasteiger partial charge on any atom is -0.376 e. The van der Waals surface area contributed by atoms with Crippen LogP contribution < -0.4 is 5.32 Å². The molecule has 3 nitrogen and oxygen atoms in total. The zero-order valence-corrected chi connectivity index (χ0v) is 10.5. The SMILES string of the molecule is Cc1n[nH]c(C)c1NC(C)c1ccc(F)c(F)c1. The summed E-state index contributed by atoms with van der Waals surface area (Å²) in [5.74, 6) is -1.66. The maximum Gasteiger partial charge on any atom is 0.159 e. The van der Waals surface area contributed by atoms with Crippen LogP contribution in [0.2, 0.25) is 0 Å². The van der Waals surface area contributed by atoms with Gasteiger partial charge in [-0.15, -0.1) is 0 Å².